The largest absolute Gasteiger partial charge is 0.504 e. The average Bonchev–Trinajstić information content (AvgIpc) is 2.79. The Balaban J connectivity index is 1.74. The summed E-state index contributed by atoms with van der Waals surface area (Å²) in [6, 6.07) is 11.2. The average molecular weight is 368 g/mol. The topological polar surface area (TPSA) is 98.1 Å². The third kappa shape index (κ3) is 3.76. The normalized spacial score (nSPS) is 14.1. The Morgan fingerprint density at radius 2 is 1.44 bits per heavy atom. The van der Waals surface area contributed by atoms with Crippen LogP contribution in [0.4, 0.5) is 0 Å². The van der Waals surface area contributed by atoms with E-state index in [1.807, 2.05) is 6.07 Å². The number of aromatic hydroxyl groups is 2. The Morgan fingerprint density at radius 1 is 0.889 bits per heavy atom. The van der Waals surface area contributed by atoms with Gasteiger partial charge < -0.3 is 20.0 Å². The molecule has 0 aromatic heterocycles. The van der Waals surface area contributed by atoms with Crippen molar-refractivity contribution in [2.45, 2.75) is 6.92 Å². The van der Waals surface area contributed by atoms with Crippen molar-refractivity contribution in [3.05, 3.63) is 69.4 Å². The maximum atomic E-state index is 12.8. The number of hydrogen-bond acceptors (Lipinski definition) is 5. The van der Waals surface area contributed by atoms with E-state index < -0.39 is 16.9 Å². The van der Waals surface area contributed by atoms with Crippen molar-refractivity contribution in [1.82, 2.24) is 9.80 Å². The lowest BCUT2D eigenvalue weighted by molar-refractivity contribution is 0.0535. The first-order valence-electron chi connectivity index (χ1n) is 8.59. The highest BCUT2D eigenvalue weighted by Gasteiger charge is 2.26. The van der Waals surface area contributed by atoms with Crippen LogP contribution in [0.5, 0.6) is 11.5 Å². The Hall–Kier alpha value is -3.35. The lowest BCUT2D eigenvalue weighted by Gasteiger charge is -2.35. The predicted octanol–water partition coefficient (Wildman–Crippen LogP) is 1.36. The number of carbonyl (C=O) groups is 2. The molecule has 1 fully saturated rings. The van der Waals surface area contributed by atoms with Gasteiger partial charge in [-0.25, -0.2) is 0 Å². The molecule has 0 aliphatic carbocycles. The monoisotopic (exact) mass is 368 g/mol. The van der Waals surface area contributed by atoms with Gasteiger partial charge in [0.25, 0.3) is 11.8 Å². The molecule has 0 saturated carbocycles. The summed E-state index contributed by atoms with van der Waals surface area (Å²) in [5.41, 5.74) is 0.366. The van der Waals surface area contributed by atoms with Crippen LogP contribution in [0.25, 0.3) is 0 Å². The third-order valence-corrected chi connectivity index (χ3v) is 4.63. The number of benzene rings is 1. The van der Waals surface area contributed by atoms with Crippen molar-refractivity contribution < 1.29 is 19.8 Å². The maximum Gasteiger partial charge on any atom is 0.254 e. The molecule has 2 amide bonds. The number of nitrogens with zero attached hydrogens (tertiary/aromatic N) is 2. The summed E-state index contributed by atoms with van der Waals surface area (Å²) < 4.78 is 0. The number of amides is 2. The summed E-state index contributed by atoms with van der Waals surface area (Å²) in [7, 11) is 0. The van der Waals surface area contributed by atoms with Gasteiger partial charge in [0.05, 0.1) is 0 Å². The highest BCUT2D eigenvalue weighted by Crippen LogP contribution is 2.23. The number of carbonyl (C=O) groups excluding carboxylic acids is 2. The Kier molecular flexibility index (Phi) is 5.12. The lowest BCUT2D eigenvalue weighted by Crippen LogP contribution is -2.50. The highest BCUT2D eigenvalue weighted by atomic mass is 16.3. The number of aryl methyl sites for hydroxylation is 1. The first-order chi connectivity index (χ1) is 12.9. The summed E-state index contributed by atoms with van der Waals surface area (Å²) in [6.07, 6.45) is 0. The van der Waals surface area contributed by atoms with Gasteiger partial charge in [-0.3, -0.25) is 14.4 Å². The van der Waals surface area contributed by atoms with E-state index in [1.165, 1.54) is 0 Å². The second-order valence-corrected chi connectivity index (χ2v) is 6.43. The molecule has 27 heavy (non-hydrogen) atoms. The second kappa shape index (κ2) is 7.49. The molecular formula is C20H20N2O5. The molecule has 1 saturated heterocycles. The van der Waals surface area contributed by atoms with Gasteiger partial charge in [-0.1, -0.05) is 18.2 Å². The molecule has 7 heteroatoms. The molecule has 1 aliphatic rings. The molecule has 0 atom stereocenters. The van der Waals surface area contributed by atoms with Crippen LogP contribution < -0.4 is 5.43 Å². The summed E-state index contributed by atoms with van der Waals surface area (Å²) in [6.45, 7) is 3.03. The SMILES string of the molecule is Cc1cc(=O)c(O)c(O)cc1C(=O)N1CCN(C(=O)c2ccccc2)CC1. The van der Waals surface area contributed by atoms with Crippen LogP contribution in [-0.2, 0) is 0 Å². The molecule has 2 aromatic rings. The zero-order valence-electron chi connectivity index (χ0n) is 14.9. The van der Waals surface area contributed by atoms with Gasteiger partial charge >= 0.3 is 0 Å². The van der Waals surface area contributed by atoms with Crippen LogP contribution in [0.2, 0.25) is 0 Å². The van der Waals surface area contributed by atoms with Crippen LogP contribution in [-0.4, -0.2) is 58.0 Å². The van der Waals surface area contributed by atoms with Crippen LogP contribution >= 0.6 is 0 Å². The van der Waals surface area contributed by atoms with E-state index in [9.17, 15) is 24.6 Å². The minimum absolute atomic E-state index is 0.0800. The van der Waals surface area contributed by atoms with Crippen molar-refractivity contribution in [3.8, 4) is 11.5 Å². The van der Waals surface area contributed by atoms with Gasteiger partial charge in [0.15, 0.2) is 5.75 Å². The van der Waals surface area contributed by atoms with Crippen molar-refractivity contribution >= 4 is 11.8 Å². The molecular weight excluding hydrogens is 348 g/mol. The number of piperazine rings is 1. The van der Waals surface area contributed by atoms with Gasteiger partial charge in [0, 0.05) is 37.3 Å². The molecule has 7 nitrogen and oxygen atoms in total. The molecule has 3 rings (SSSR count). The van der Waals surface area contributed by atoms with E-state index >= 15 is 0 Å². The van der Waals surface area contributed by atoms with Crippen molar-refractivity contribution in [1.29, 1.82) is 0 Å². The lowest BCUT2D eigenvalue weighted by atomic mass is 10.1. The zero-order chi connectivity index (χ0) is 19.6. The predicted molar refractivity (Wildman–Crippen MR) is 99.0 cm³/mol. The van der Waals surface area contributed by atoms with E-state index in [0.717, 1.165) is 12.1 Å². The molecule has 0 spiro atoms. The summed E-state index contributed by atoms with van der Waals surface area (Å²) >= 11 is 0. The van der Waals surface area contributed by atoms with E-state index in [2.05, 4.69) is 0 Å². The molecule has 140 valence electrons. The van der Waals surface area contributed by atoms with Crippen molar-refractivity contribution in [2.24, 2.45) is 0 Å². The zero-order valence-corrected chi connectivity index (χ0v) is 14.9. The van der Waals surface area contributed by atoms with Crippen LogP contribution in [0.3, 0.4) is 0 Å². The van der Waals surface area contributed by atoms with Gasteiger partial charge in [0.1, 0.15) is 0 Å². The van der Waals surface area contributed by atoms with E-state index in [4.69, 9.17) is 0 Å². The fraction of sp³-hybridized carbons (Fsp3) is 0.250. The van der Waals surface area contributed by atoms with E-state index in [1.54, 1.807) is 41.0 Å². The first-order valence-corrected chi connectivity index (χ1v) is 8.59. The van der Waals surface area contributed by atoms with Gasteiger partial charge in [0.2, 0.25) is 11.2 Å². The van der Waals surface area contributed by atoms with Gasteiger partial charge in [-0.15, -0.1) is 0 Å². The minimum atomic E-state index is -0.782. The Bertz CT molecular complexity index is 935. The van der Waals surface area contributed by atoms with Crippen molar-refractivity contribution in [2.75, 3.05) is 26.2 Å². The van der Waals surface area contributed by atoms with Crippen LogP contribution in [0.15, 0.2) is 47.3 Å². The Morgan fingerprint density at radius 3 is 2.04 bits per heavy atom. The van der Waals surface area contributed by atoms with Crippen LogP contribution in [0, 0.1) is 6.92 Å². The molecule has 1 heterocycles. The summed E-state index contributed by atoms with van der Waals surface area (Å²) in [5, 5.41) is 19.4. The fourth-order valence-electron chi connectivity index (χ4n) is 3.06. The highest BCUT2D eigenvalue weighted by molar-refractivity contribution is 5.97. The Labute approximate surface area is 156 Å². The van der Waals surface area contributed by atoms with E-state index in [0.29, 0.717) is 37.3 Å². The maximum absolute atomic E-state index is 12.8. The second-order valence-electron chi connectivity index (χ2n) is 6.43. The standard InChI is InChI=1S/C20H20N2O5/c1-13-11-16(23)18(25)17(24)12-15(13)20(27)22-9-7-21(8-10-22)19(26)14-5-3-2-4-6-14/h2-6,11-12H,7-10H2,1H3,(H2,23,24,25). The molecule has 0 radical (unpaired) electrons. The summed E-state index contributed by atoms with van der Waals surface area (Å²) in [4.78, 5) is 40.2. The smallest absolute Gasteiger partial charge is 0.254 e. The van der Waals surface area contributed by atoms with Crippen molar-refractivity contribution in [3.63, 3.8) is 0 Å². The summed E-state index contributed by atoms with van der Waals surface area (Å²) in [5.74, 6) is -1.85. The van der Waals surface area contributed by atoms with Gasteiger partial charge in [-0.05, 0) is 36.8 Å². The number of rotatable bonds is 2. The van der Waals surface area contributed by atoms with Crippen LogP contribution in [0.1, 0.15) is 26.3 Å². The quantitative estimate of drug-likeness (QED) is 0.834. The molecule has 1 aliphatic heterocycles. The molecule has 0 bridgehead atoms. The first kappa shape index (κ1) is 18.4. The minimum Gasteiger partial charge on any atom is -0.504 e. The molecule has 2 aromatic carbocycles. The molecule has 2 N–H and O–H groups in total. The van der Waals surface area contributed by atoms with Gasteiger partial charge in [-0.2, -0.15) is 0 Å². The third-order valence-electron chi connectivity index (χ3n) is 4.63. The number of hydrogen-bond donors (Lipinski definition) is 2. The van der Waals surface area contributed by atoms with E-state index in [-0.39, 0.29) is 17.4 Å². The molecule has 0 unspecified atom stereocenters. The fourth-order valence-corrected chi connectivity index (χ4v) is 3.06.